The van der Waals surface area contributed by atoms with Crippen LogP contribution in [0.3, 0.4) is 0 Å². The number of carbonyl (C=O) groups is 1. The number of piperidine rings is 1. The molecule has 1 aromatic heterocycles. The third kappa shape index (κ3) is 3.78. The van der Waals surface area contributed by atoms with Crippen molar-refractivity contribution in [1.29, 1.82) is 0 Å². The zero-order chi connectivity index (χ0) is 19.1. The van der Waals surface area contributed by atoms with Gasteiger partial charge in [0, 0.05) is 24.2 Å². The maximum Gasteiger partial charge on any atom is 0.228 e. The number of nitrogens with one attached hydrogen (secondary N) is 1. The molecule has 0 bridgehead atoms. The molecule has 2 aliphatic carbocycles. The topological polar surface area (TPSA) is 55.1 Å². The first-order valence-electron chi connectivity index (χ1n) is 10.5. The second-order valence-electron chi connectivity index (χ2n) is 8.43. The van der Waals surface area contributed by atoms with Gasteiger partial charge < -0.3 is 9.88 Å². The molecule has 0 radical (unpaired) electrons. The van der Waals surface area contributed by atoms with Crippen molar-refractivity contribution in [2.75, 3.05) is 18.4 Å². The number of amides is 1. The lowest BCUT2D eigenvalue weighted by Gasteiger charge is -2.31. The molecular formula is C21H27N5OS. The van der Waals surface area contributed by atoms with Crippen molar-refractivity contribution in [2.24, 2.45) is 5.92 Å². The van der Waals surface area contributed by atoms with Crippen LogP contribution in [0.15, 0.2) is 30.3 Å². The summed E-state index contributed by atoms with van der Waals surface area (Å²) in [6, 6.07) is 10.3. The van der Waals surface area contributed by atoms with Crippen molar-refractivity contribution in [3.63, 3.8) is 0 Å². The molecule has 3 fully saturated rings. The van der Waals surface area contributed by atoms with Crippen LogP contribution < -0.4 is 5.32 Å². The zero-order valence-electron chi connectivity index (χ0n) is 16.1. The Morgan fingerprint density at radius 2 is 1.93 bits per heavy atom. The number of nitrogens with zero attached hydrogens (tertiary/aromatic N) is 4. The average molecular weight is 398 g/mol. The lowest BCUT2D eigenvalue weighted by Crippen LogP contribution is -2.41. The highest BCUT2D eigenvalue weighted by molar-refractivity contribution is 7.71. The molecule has 2 aromatic rings. The molecule has 1 saturated heterocycles. The number of aromatic nitrogens is 3. The molecule has 1 atom stereocenters. The normalized spacial score (nSPS) is 22.9. The molecule has 6 nitrogen and oxygen atoms in total. The Bertz CT molecular complexity index is 913. The molecule has 1 amide bonds. The van der Waals surface area contributed by atoms with Crippen LogP contribution in [-0.2, 0) is 11.5 Å². The van der Waals surface area contributed by atoms with Crippen molar-refractivity contribution >= 4 is 23.8 Å². The van der Waals surface area contributed by atoms with E-state index in [0.29, 0.717) is 18.6 Å². The highest BCUT2D eigenvalue weighted by atomic mass is 32.1. The predicted octanol–water partition coefficient (Wildman–Crippen LogP) is 3.93. The van der Waals surface area contributed by atoms with Crippen LogP contribution in [0.1, 0.15) is 56.3 Å². The first-order chi connectivity index (χ1) is 13.7. The summed E-state index contributed by atoms with van der Waals surface area (Å²) >= 11 is 5.77. The Kier molecular flexibility index (Phi) is 4.80. The molecule has 2 saturated carbocycles. The smallest absolute Gasteiger partial charge is 0.228 e. The third-order valence-corrected chi connectivity index (χ3v) is 6.41. The number of carbonyl (C=O) groups excluding carboxylic acids is 1. The molecule has 5 rings (SSSR count). The lowest BCUT2D eigenvalue weighted by molar-refractivity contribution is -0.121. The van der Waals surface area contributed by atoms with E-state index in [1.54, 1.807) is 0 Å². The van der Waals surface area contributed by atoms with Crippen LogP contribution in [0.4, 0.5) is 5.69 Å². The number of anilines is 1. The molecule has 1 aliphatic heterocycles. The minimum absolute atomic E-state index is 0.0107. The Balaban J connectivity index is 1.26. The van der Waals surface area contributed by atoms with Crippen molar-refractivity contribution in [2.45, 2.75) is 57.2 Å². The van der Waals surface area contributed by atoms with E-state index in [9.17, 15) is 4.79 Å². The molecule has 3 aliphatic rings. The van der Waals surface area contributed by atoms with Gasteiger partial charge in [0.15, 0.2) is 4.77 Å². The van der Waals surface area contributed by atoms with E-state index >= 15 is 0 Å². The molecule has 0 spiro atoms. The number of benzene rings is 1. The van der Waals surface area contributed by atoms with E-state index in [2.05, 4.69) is 14.8 Å². The lowest BCUT2D eigenvalue weighted by atomic mass is 9.97. The van der Waals surface area contributed by atoms with Gasteiger partial charge in [0.2, 0.25) is 5.91 Å². The minimum Gasteiger partial charge on any atom is -0.326 e. The number of rotatable bonds is 6. The summed E-state index contributed by atoms with van der Waals surface area (Å²) in [7, 11) is 0. The summed E-state index contributed by atoms with van der Waals surface area (Å²) in [4.78, 5) is 15.0. The summed E-state index contributed by atoms with van der Waals surface area (Å²) in [5.74, 6) is 1.93. The van der Waals surface area contributed by atoms with Gasteiger partial charge in [-0.1, -0.05) is 18.2 Å². The van der Waals surface area contributed by atoms with E-state index in [-0.39, 0.29) is 11.8 Å². The molecular weight excluding hydrogens is 370 g/mol. The van der Waals surface area contributed by atoms with Gasteiger partial charge in [-0.15, -0.1) is 0 Å². The fourth-order valence-electron chi connectivity index (χ4n) is 4.18. The second kappa shape index (κ2) is 7.44. The van der Waals surface area contributed by atoms with Crippen LogP contribution in [0.2, 0.25) is 0 Å². The number of hydrogen-bond donors (Lipinski definition) is 1. The summed E-state index contributed by atoms with van der Waals surface area (Å²) in [5.41, 5.74) is 0.865. The number of hydrogen-bond acceptors (Lipinski definition) is 4. The van der Waals surface area contributed by atoms with Gasteiger partial charge in [-0.3, -0.25) is 9.69 Å². The molecule has 0 unspecified atom stereocenters. The highest BCUT2D eigenvalue weighted by Crippen LogP contribution is 2.44. The van der Waals surface area contributed by atoms with Gasteiger partial charge >= 0.3 is 0 Å². The SMILES string of the molecule is O=C(Nc1ccccc1)[C@H]1CCCN(Cn2nc(C3CC3)n(C3CC3)c2=S)C1. The van der Waals surface area contributed by atoms with Crippen LogP contribution in [0.5, 0.6) is 0 Å². The Labute approximate surface area is 170 Å². The predicted molar refractivity (Wildman–Crippen MR) is 111 cm³/mol. The van der Waals surface area contributed by atoms with Gasteiger partial charge in [0.25, 0.3) is 0 Å². The molecule has 2 heterocycles. The second-order valence-corrected chi connectivity index (χ2v) is 8.79. The van der Waals surface area contributed by atoms with Gasteiger partial charge in [-0.05, 0) is 69.4 Å². The molecule has 1 aromatic carbocycles. The van der Waals surface area contributed by atoms with Gasteiger partial charge in [0.1, 0.15) is 5.82 Å². The zero-order valence-corrected chi connectivity index (χ0v) is 16.9. The summed E-state index contributed by atoms with van der Waals surface area (Å²) in [5, 5.41) is 7.95. The minimum atomic E-state index is 0.0107. The highest BCUT2D eigenvalue weighted by Gasteiger charge is 2.36. The Morgan fingerprint density at radius 1 is 1.14 bits per heavy atom. The molecule has 148 valence electrons. The van der Waals surface area contributed by atoms with E-state index in [4.69, 9.17) is 17.3 Å². The fraction of sp³-hybridized carbons (Fsp3) is 0.571. The monoisotopic (exact) mass is 397 g/mol. The van der Waals surface area contributed by atoms with Crippen molar-refractivity contribution < 1.29 is 4.79 Å². The van der Waals surface area contributed by atoms with E-state index in [1.807, 2.05) is 35.0 Å². The third-order valence-electron chi connectivity index (χ3n) is 6.00. The summed E-state index contributed by atoms with van der Waals surface area (Å²) < 4.78 is 5.18. The maximum atomic E-state index is 12.7. The summed E-state index contributed by atoms with van der Waals surface area (Å²) in [6.45, 7) is 2.44. The Morgan fingerprint density at radius 3 is 2.64 bits per heavy atom. The van der Waals surface area contributed by atoms with Gasteiger partial charge in [-0.25, -0.2) is 4.68 Å². The molecule has 28 heavy (non-hydrogen) atoms. The van der Waals surface area contributed by atoms with Gasteiger partial charge in [-0.2, -0.15) is 5.10 Å². The van der Waals surface area contributed by atoms with Gasteiger partial charge in [0.05, 0.1) is 12.6 Å². The van der Waals surface area contributed by atoms with Crippen molar-refractivity contribution in [1.82, 2.24) is 19.2 Å². The van der Waals surface area contributed by atoms with E-state index < -0.39 is 0 Å². The van der Waals surface area contributed by atoms with Crippen LogP contribution in [0, 0.1) is 10.7 Å². The van der Waals surface area contributed by atoms with Crippen molar-refractivity contribution in [3.05, 3.63) is 40.9 Å². The quantitative estimate of drug-likeness (QED) is 0.751. The fourth-order valence-corrected chi connectivity index (χ4v) is 4.52. The van der Waals surface area contributed by atoms with Crippen molar-refractivity contribution in [3.8, 4) is 0 Å². The molecule has 1 N–H and O–H groups in total. The number of para-hydroxylation sites is 1. The van der Waals surface area contributed by atoms with Crippen LogP contribution in [0.25, 0.3) is 0 Å². The number of likely N-dealkylation sites (tertiary alicyclic amines) is 1. The maximum absolute atomic E-state index is 12.7. The van der Waals surface area contributed by atoms with Crippen LogP contribution in [-0.4, -0.2) is 38.2 Å². The molecule has 7 heteroatoms. The average Bonchev–Trinajstić information content (AvgIpc) is 3.62. The van der Waals surface area contributed by atoms with E-state index in [1.165, 1.54) is 31.5 Å². The van der Waals surface area contributed by atoms with E-state index in [0.717, 1.165) is 36.4 Å². The largest absolute Gasteiger partial charge is 0.326 e. The first-order valence-corrected chi connectivity index (χ1v) is 10.9. The Hall–Kier alpha value is -1.99. The summed E-state index contributed by atoms with van der Waals surface area (Å²) in [6.07, 6.45) is 6.90. The first kappa shape index (κ1) is 18.1. The standard InChI is InChI=1S/C21H27N5OS/c27-20(22-17-6-2-1-3-7-17)16-5-4-12-24(13-16)14-25-21(28)26(18-10-11-18)19(23-25)15-8-9-15/h1-3,6-7,15-16,18H,4-5,8-14H2,(H,22,27)/t16-/m0/s1. The van der Waals surface area contributed by atoms with Crippen LogP contribution >= 0.6 is 12.2 Å².